The Bertz CT molecular complexity index is 307. The molecule has 1 unspecified atom stereocenters. The SMILES string of the molecule is CC1CCCN(C(N)=NCCC2=CCCC2)C1. The Labute approximate surface area is 105 Å². The van der Waals surface area contributed by atoms with E-state index >= 15 is 0 Å². The van der Waals surface area contributed by atoms with Crippen molar-refractivity contribution in [2.45, 2.75) is 45.4 Å². The van der Waals surface area contributed by atoms with E-state index in [0.717, 1.165) is 37.9 Å². The highest BCUT2D eigenvalue weighted by molar-refractivity contribution is 5.78. The van der Waals surface area contributed by atoms with Gasteiger partial charge < -0.3 is 10.6 Å². The summed E-state index contributed by atoms with van der Waals surface area (Å²) in [4.78, 5) is 6.77. The summed E-state index contributed by atoms with van der Waals surface area (Å²) in [6.45, 7) is 5.33. The normalized spacial score (nSPS) is 26.2. The molecule has 1 aliphatic carbocycles. The molecule has 1 heterocycles. The van der Waals surface area contributed by atoms with Gasteiger partial charge in [0.05, 0.1) is 0 Å². The zero-order valence-electron chi connectivity index (χ0n) is 11.0. The molecule has 3 heteroatoms. The second kappa shape index (κ2) is 6.08. The zero-order chi connectivity index (χ0) is 12.1. The van der Waals surface area contributed by atoms with Gasteiger partial charge in [-0.1, -0.05) is 18.6 Å². The van der Waals surface area contributed by atoms with E-state index < -0.39 is 0 Å². The molecule has 3 nitrogen and oxygen atoms in total. The molecule has 96 valence electrons. The number of aliphatic imine (C=N–C) groups is 1. The standard InChI is InChI=1S/C14H25N3/c1-12-5-4-10-17(11-12)14(15)16-9-8-13-6-2-3-7-13/h6,12H,2-5,7-11H2,1H3,(H2,15,16). The van der Waals surface area contributed by atoms with Crippen LogP contribution in [0.2, 0.25) is 0 Å². The minimum absolute atomic E-state index is 0.759. The first-order valence-electron chi connectivity index (χ1n) is 6.98. The van der Waals surface area contributed by atoms with Crippen molar-refractivity contribution in [1.29, 1.82) is 0 Å². The molecule has 1 saturated heterocycles. The second-order valence-electron chi connectivity index (χ2n) is 5.44. The van der Waals surface area contributed by atoms with Crippen molar-refractivity contribution in [3.8, 4) is 0 Å². The van der Waals surface area contributed by atoms with Crippen molar-refractivity contribution >= 4 is 5.96 Å². The number of hydrogen-bond donors (Lipinski definition) is 1. The van der Waals surface area contributed by atoms with E-state index in [1.165, 1.54) is 32.1 Å². The molecular weight excluding hydrogens is 210 g/mol. The molecule has 1 fully saturated rings. The molecule has 2 N–H and O–H groups in total. The maximum absolute atomic E-state index is 6.05. The van der Waals surface area contributed by atoms with Gasteiger partial charge in [-0.25, -0.2) is 0 Å². The summed E-state index contributed by atoms with van der Waals surface area (Å²) in [6, 6.07) is 0. The predicted molar refractivity (Wildman–Crippen MR) is 73.0 cm³/mol. The monoisotopic (exact) mass is 235 g/mol. The lowest BCUT2D eigenvalue weighted by Crippen LogP contribution is -2.43. The van der Waals surface area contributed by atoms with E-state index in [1.807, 2.05) is 0 Å². The summed E-state index contributed by atoms with van der Waals surface area (Å²) in [7, 11) is 0. The van der Waals surface area contributed by atoms with Gasteiger partial charge in [-0.15, -0.1) is 0 Å². The van der Waals surface area contributed by atoms with Crippen LogP contribution >= 0.6 is 0 Å². The van der Waals surface area contributed by atoms with Crippen LogP contribution in [0.4, 0.5) is 0 Å². The third kappa shape index (κ3) is 3.76. The molecule has 0 aromatic carbocycles. The van der Waals surface area contributed by atoms with Crippen molar-refractivity contribution < 1.29 is 0 Å². The van der Waals surface area contributed by atoms with Crippen molar-refractivity contribution in [2.24, 2.45) is 16.6 Å². The molecule has 0 amide bonds. The van der Waals surface area contributed by atoms with Crippen LogP contribution in [-0.2, 0) is 0 Å². The van der Waals surface area contributed by atoms with Crippen molar-refractivity contribution in [3.05, 3.63) is 11.6 Å². The minimum atomic E-state index is 0.759. The highest BCUT2D eigenvalue weighted by atomic mass is 15.3. The van der Waals surface area contributed by atoms with Gasteiger partial charge >= 0.3 is 0 Å². The highest BCUT2D eigenvalue weighted by Crippen LogP contribution is 2.20. The van der Waals surface area contributed by atoms with Gasteiger partial charge in [0.1, 0.15) is 0 Å². The lowest BCUT2D eigenvalue weighted by molar-refractivity contribution is 0.270. The van der Waals surface area contributed by atoms with E-state index in [4.69, 9.17) is 5.73 Å². The Hall–Kier alpha value is -0.990. The van der Waals surface area contributed by atoms with Gasteiger partial charge in [0, 0.05) is 19.6 Å². The Morgan fingerprint density at radius 1 is 1.53 bits per heavy atom. The number of hydrogen-bond acceptors (Lipinski definition) is 1. The molecule has 1 atom stereocenters. The first-order chi connectivity index (χ1) is 8.25. The highest BCUT2D eigenvalue weighted by Gasteiger charge is 2.17. The van der Waals surface area contributed by atoms with E-state index in [9.17, 15) is 0 Å². The summed E-state index contributed by atoms with van der Waals surface area (Å²) >= 11 is 0. The van der Waals surface area contributed by atoms with Crippen molar-refractivity contribution in [3.63, 3.8) is 0 Å². The smallest absolute Gasteiger partial charge is 0.191 e. The van der Waals surface area contributed by atoms with E-state index in [0.29, 0.717) is 0 Å². The van der Waals surface area contributed by atoms with Crippen LogP contribution in [0.1, 0.15) is 45.4 Å². The molecule has 0 aromatic heterocycles. The topological polar surface area (TPSA) is 41.6 Å². The van der Waals surface area contributed by atoms with Crippen LogP contribution in [0.5, 0.6) is 0 Å². The predicted octanol–water partition coefficient (Wildman–Crippen LogP) is 2.53. The summed E-state index contributed by atoms with van der Waals surface area (Å²) in [6.07, 6.45) is 9.92. The Kier molecular flexibility index (Phi) is 4.46. The number of nitrogens with zero attached hydrogens (tertiary/aromatic N) is 2. The largest absolute Gasteiger partial charge is 0.370 e. The molecule has 17 heavy (non-hydrogen) atoms. The summed E-state index contributed by atoms with van der Waals surface area (Å²) in [5, 5.41) is 0. The summed E-state index contributed by atoms with van der Waals surface area (Å²) < 4.78 is 0. The molecule has 0 aromatic rings. The van der Waals surface area contributed by atoms with Gasteiger partial charge in [-0.05, 0) is 44.4 Å². The number of guanidine groups is 1. The minimum Gasteiger partial charge on any atom is -0.370 e. The third-order valence-corrected chi connectivity index (χ3v) is 3.82. The molecule has 1 aliphatic heterocycles. The van der Waals surface area contributed by atoms with Crippen LogP contribution in [0.25, 0.3) is 0 Å². The van der Waals surface area contributed by atoms with Crippen LogP contribution in [0.15, 0.2) is 16.6 Å². The molecule has 0 saturated carbocycles. The van der Waals surface area contributed by atoms with Crippen LogP contribution < -0.4 is 5.73 Å². The van der Waals surface area contributed by atoms with Crippen molar-refractivity contribution in [2.75, 3.05) is 19.6 Å². The fourth-order valence-electron chi connectivity index (χ4n) is 2.78. The van der Waals surface area contributed by atoms with Crippen LogP contribution in [0.3, 0.4) is 0 Å². The number of rotatable bonds is 3. The molecule has 2 aliphatic rings. The lowest BCUT2D eigenvalue weighted by atomic mass is 10.0. The van der Waals surface area contributed by atoms with Crippen LogP contribution in [0, 0.1) is 5.92 Å². The second-order valence-corrected chi connectivity index (χ2v) is 5.44. The number of piperidine rings is 1. The van der Waals surface area contributed by atoms with Gasteiger partial charge in [0.2, 0.25) is 0 Å². The van der Waals surface area contributed by atoms with E-state index in [2.05, 4.69) is 22.9 Å². The zero-order valence-corrected chi connectivity index (χ0v) is 11.0. The lowest BCUT2D eigenvalue weighted by Gasteiger charge is -2.31. The van der Waals surface area contributed by atoms with Crippen molar-refractivity contribution in [1.82, 2.24) is 4.90 Å². The van der Waals surface area contributed by atoms with Gasteiger partial charge in [0.15, 0.2) is 5.96 Å². The quantitative estimate of drug-likeness (QED) is 0.464. The molecular formula is C14H25N3. The Morgan fingerprint density at radius 2 is 2.41 bits per heavy atom. The van der Waals surface area contributed by atoms with E-state index in [-0.39, 0.29) is 0 Å². The van der Waals surface area contributed by atoms with Crippen LogP contribution in [-0.4, -0.2) is 30.5 Å². The first-order valence-corrected chi connectivity index (χ1v) is 6.98. The number of likely N-dealkylation sites (tertiary alicyclic amines) is 1. The van der Waals surface area contributed by atoms with Gasteiger partial charge in [-0.3, -0.25) is 4.99 Å². The summed E-state index contributed by atoms with van der Waals surface area (Å²) in [5.41, 5.74) is 7.63. The fourth-order valence-corrected chi connectivity index (χ4v) is 2.78. The maximum Gasteiger partial charge on any atom is 0.191 e. The Balaban J connectivity index is 1.75. The average Bonchev–Trinajstić information content (AvgIpc) is 2.82. The molecule has 2 rings (SSSR count). The molecule has 0 spiro atoms. The summed E-state index contributed by atoms with van der Waals surface area (Å²) in [5.74, 6) is 1.52. The Morgan fingerprint density at radius 3 is 3.12 bits per heavy atom. The number of allylic oxidation sites excluding steroid dienone is 1. The third-order valence-electron chi connectivity index (χ3n) is 3.82. The average molecular weight is 235 g/mol. The maximum atomic E-state index is 6.05. The van der Waals surface area contributed by atoms with Gasteiger partial charge in [-0.2, -0.15) is 0 Å². The van der Waals surface area contributed by atoms with Gasteiger partial charge in [0.25, 0.3) is 0 Å². The fraction of sp³-hybridized carbons (Fsp3) is 0.786. The molecule has 0 radical (unpaired) electrons. The molecule has 0 bridgehead atoms. The first kappa shape index (κ1) is 12.5. The van der Waals surface area contributed by atoms with E-state index in [1.54, 1.807) is 5.57 Å². The number of nitrogens with two attached hydrogens (primary N) is 1.